The van der Waals surface area contributed by atoms with Crippen LogP contribution >= 0.6 is 0 Å². The van der Waals surface area contributed by atoms with E-state index < -0.39 is 0 Å². The maximum atomic E-state index is 12.8. The average Bonchev–Trinajstić information content (AvgIpc) is 3.48. The smallest absolute Gasteiger partial charge is 0.270 e. The van der Waals surface area contributed by atoms with E-state index in [0.717, 1.165) is 41.0 Å². The minimum Gasteiger partial charge on any atom is -0.342 e. The van der Waals surface area contributed by atoms with Crippen LogP contribution in [-0.4, -0.2) is 28.1 Å². The highest BCUT2D eigenvalue weighted by Crippen LogP contribution is 2.39. The predicted octanol–water partition coefficient (Wildman–Crippen LogP) is 3.74. The van der Waals surface area contributed by atoms with E-state index in [0.29, 0.717) is 11.6 Å². The van der Waals surface area contributed by atoms with Gasteiger partial charge in [-0.25, -0.2) is 4.68 Å². The zero-order chi connectivity index (χ0) is 20.4. The lowest BCUT2D eigenvalue weighted by atomic mass is 10.1. The highest BCUT2D eigenvalue weighted by molar-refractivity contribution is 5.99. The van der Waals surface area contributed by atoms with Crippen molar-refractivity contribution in [1.82, 2.24) is 15.1 Å². The minimum atomic E-state index is -0.315. The van der Waals surface area contributed by atoms with Crippen molar-refractivity contribution < 1.29 is 9.59 Å². The summed E-state index contributed by atoms with van der Waals surface area (Å²) in [7, 11) is 0. The molecular formula is C23H24N4O2. The fourth-order valence-corrected chi connectivity index (χ4v) is 3.24. The van der Waals surface area contributed by atoms with E-state index in [4.69, 9.17) is 0 Å². The van der Waals surface area contributed by atoms with E-state index in [9.17, 15) is 9.59 Å². The lowest BCUT2D eigenvalue weighted by Crippen LogP contribution is -2.34. The highest BCUT2D eigenvalue weighted by atomic mass is 16.2. The Labute approximate surface area is 169 Å². The maximum absolute atomic E-state index is 12.8. The molecule has 0 saturated heterocycles. The summed E-state index contributed by atoms with van der Waals surface area (Å²) in [6, 6.07) is 17.1. The van der Waals surface area contributed by atoms with Crippen molar-refractivity contribution >= 4 is 17.5 Å². The van der Waals surface area contributed by atoms with Crippen LogP contribution in [0.15, 0.2) is 54.6 Å². The molecule has 2 N–H and O–H groups in total. The number of hydrogen-bond acceptors (Lipinski definition) is 3. The first-order valence-electron chi connectivity index (χ1n) is 9.82. The van der Waals surface area contributed by atoms with E-state index in [-0.39, 0.29) is 18.4 Å². The van der Waals surface area contributed by atoms with Crippen LogP contribution in [0.2, 0.25) is 0 Å². The third kappa shape index (κ3) is 4.21. The first kappa shape index (κ1) is 18.9. The van der Waals surface area contributed by atoms with Gasteiger partial charge < -0.3 is 10.6 Å². The largest absolute Gasteiger partial charge is 0.342 e. The number of aromatic nitrogens is 2. The number of nitrogens with one attached hydrogen (secondary N) is 2. The molecule has 4 rings (SSSR count). The first-order valence-corrected chi connectivity index (χ1v) is 9.82. The van der Waals surface area contributed by atoms with Gasteiger partial charge in [0.1, 0.15) is 5.69 Å². The molecule has 0 bridgehead atoms. The number of rotatable bonds is 6. The van der Waals surface area contributed by atoms with Gasteiger partial charge in [-0.15, -0.1) is 0 Å². The number of anilines is 1. The van der Waals surface area contributed by atoms with Crippen molar-refractivity contribution in [2.24, 2.45) is 0 Å². The van der Waals surface area contributed by atoms with Crippen LogP contribution in [0.4, 0.5) is 5.69 Å². The van der Waals surface area contributed by atoms with Gasteiger partial charge in [0.15, 0.2) is 0 Å². The van der Waals surface area contributed by atoms with Gasteiger partial charge in [0.25, 0.3) is 5.91 Å². The summed E-state index contributed by atoms with van der Waals surface area (Å²) in [5, 5.41) is 10.2. The molecule has 1 aliphatic rings. The van der Waals surface area contributed by atoms with Gasteiger partial charge in [-0.1, -0.05) is 30.3 Å². The molecule has 1 heterocycles. The quantitative estimate of drug-likeness (QED) is 0.675. The van der Waals surface area contributed by atoms with Crippen LogP contribution in [0.5, 0.6) is 0 Å². The number of nitrogens with zero attached hydrogens (tertiary/aromatic N) is 2. The fourth-order valence-electron chi connectivity index (χ4n) is 3.24. The molecule has 1 aromatic heterocycles. The van der Waals surface area contributed by atoms with Crippen LogP contribution in [-0.2, 0) is 4.79 Å². The summed E-state index contributed by atoms with van der Waals surface area (Å²) >= 11 is 0. The molecule has 1 saturated carbocycles. The second kappa shape index (κ2) is 7.91. The Hall–Kier alpha value is -3.41. The van der Waals surface area contributed by atoms with Crippen LogP contribution in [0.25, 0.3) is 5.69 Å². The molecule has 1 aliphatic carbocycles. The Kier molecular flexibility index (Phi) is 5.16. The zero-order valence-electron chi connectivity index (χ0n) is 16.6. The molecule has 6 nitrogen and oxygen atoms in total. The number of carbonyl (C=O) groups is 2. The van der Waals surface area contributed by atoms with E-state index in [1.165, 1.54) is 0 Å². The van der Waals surface area contributed by atoms with E-state index in [1.807, 2.05) is 68.4 Å². The second-order valence-corrected chi connectivity index (χ2v) is 7.45. The van der Waals surface area contributed by atoms with Gasteiger partial charge in [-0.05, 0) is 62.1 Å². The molecule has 3 aromatic rings. The Morgan fingerprint density at radius 2 is 1.83 bits per heavy atom. The van der Waals surface area contributed by atoms with E-state index >= 15 is 0 Å². The minimum absolute atomic E-state index is 0.106. The number of hydrogen-bond donors (Lipinski definition) is 2. The highest BCUT2D eigenvalue weighted by Gasteiger charge is 2.29. The summed E-state index contributed by atoms with van der Waals surface area (Å²) in [5.74, 6) is -0.149. The number of benzene rings is 2. The molecule has 2 amide bonds. The molecule has 0 atom stereocenters. The van der Waals surface area contributed by atoms with E-state index in [1.54, 1.807) is 4.68 Å². The van der Waals surface area contributed by atoms with Crippen molar-refractivity contribution in [2.75, 3.05) is 11.9 Å². The van der Waals surface area contributed by atoms with Gasteiger partial charge in [0.05, 0.1) is 17.9 Å². The standard InChI is InChI=1S/C23H24N4O2/c1-15-7-6-10-19(16(15)2)25-22(28)14-24-23(29)21-13-20(17-11-12-17)26-27(21)18-8-4-3-5-9-18/h3-10,13,17H,11-12,14H2,1-2H3,(H,24,29)(H,25,28). The Morgan fingerprint density at radius 3 is 2.55 bits per heavy atom. The van der Waals surface area contributed by atoms with Crippen molar-refractivity contribution in [2.45, 2.75) is 32.6 Å². The Morgan fingerprint density at radius 1 is 1.07 bits per heavy atom. The van der Waals surface area contributed by atoms with Crippen LogP contribution < -0.4 is 10.6 Å². The number of aryl methyl sites for hydroxylation is 1. The third-order valence-electron chi connectivity index (χ3n) is 5.25. The Bertz CT molecular complexity index is 1050. The summed E-state index contributed by atoms with van der Waals surface area (Å²) in [4.78, 5) is 25.2. The SMILES string of the molecule is Cc1cccc(NC(=O)CNC(=O)c2cc(C3CC3)nn2-c2ccccc2)c1C. The summed E-state index contributed by atoms with van der Waals surface area (Å²) in [6.45, 7) is 3.85. The molecule has 29 heavy (non-hydrogen) atoms. The van der Waals surface area contributed by atoms with Crippen LogP contribution in [0.3, 0.4) is 0 Å². The second-order valence-electron chi connectivity index (χ2n) is 7.45. The average molecular weight is 388 g/mol. The van der Waals surface area contributed by atoms with Crippen LogP contribution in [0, 0.1) is 13.8 Å². The molecule has 1 fully saturated rings. The van der Waals surface area contributed by atoms with Gasteiger partial charge in [-0.3, -0.25) is 9.59 Å². The first-order chi connectivity index (χ1) is 14.0. The molecule has 0 unspecified atom stereocenters. The van der Waals surface area contributed by atoms with Crippen molar-refractivity contribution in [1.29, 1.82) is 0 Å². The molecular weight excluding hydrogens is 364 g/mol. The molecule has 2 aromatic carbocycles. The lowest BCUT2D eigenvalue weighted by Gasteiger charge is -2.11. The lowest BCUT2D eigenvalue weighted by molar-refractivity contribution is -0.115. The number of carbonyl (C=O) groups excluding carboxylic acids is 2. The van der Waals surface area contributed by atoms with Gasteiger partial charge >= 0.3 is 0 Å². The maximum Gasteiger partial charge on any atom is 0.270 e. The molecule has 0 spiro atoms. The molecule has 0 radical (unpaired) electrons. The zero-order valence-corrected chi connectivity index (χ0v) is 16.6. The molecule has 6 heteroatoms. The number of amides is 2. The molecule has 148 valence electrons. The van der Waals surface area contributed by atoms with Crippen molar-refractivity contribution in [3.8, 4) is 5.69 Å². The summed E-state index contributed by atoms with van der Waals surface area (Å²) in [5.41, 5.74) is 5.07. The third-order valence-corrected chi connectivity index (χ3v) is 5.25. The van der Waals surface area contributed by atoms with Gasteiger partial charge in [0.2, 0.25) is 5.91 Å². The summed E-state index contributed by atoms with van der Waals surface area (Å²) in [6.07, 6.45) is 2.20. The fraction of sp³-hybridized carbons (Fsp3) is 0.261. The normalized spacial score (nSPS) is 13.2. The van der Waals surface area contributed by atoms with Gasteiger partial charge in [-0.2, -0.15) is 5.10 Å². The van der Waals surface area contributed by atoms with E-state index in [2.05, 4.69) is 15.7 Å². The predicted molar refractivity (Wildman–Crippen MR) is 112 cm³/mol. The summed E-state index contributed by atoms with van der Waals surface area (Å²) < 4.78 is 1.66. The molecule has 0 aliphatic heterocycles. The van der Waals surface area contributed by atoms with Gasteiger partial charge in [0, 0.05) is 11.6 Å². The van der Waals surface area contributed by atoms with Crippen molar-refractivity contribution in [3.05, 3.63) is 77.1 Å². The number of para-hydroxylation sites is 1. The Balaban J connectivity index is 1.47. The monoisotopic (exact) mass is 388 g/mol. The van der Waals surface area contributed by atoms with Crippen LogP contribution in [0.1, 0.15) is 46.1 Å². The topological polar surface area (TPSA) is 76.0 Å². The van der Waals surface area contributed by atoms with Crippen molar-refractivity contribution in [3.63, 3.8) is 0 Å².